The second-order valence-electron chi connectivity index (χ2n) is 3.32. The van der Waals surface area contributed by atoms with E-state index in [1.807, 2.05) is 0 Å². The summed E-state index contributed by atoms with van der Waals surface area (Å²) in [6.45, 7) is 9.30. The Morgan fingerprint density at radius 2 is 2.00 bits per heavy atom. The minimum atomic E-state index is 0.000417. The van der Waals surface area contributed by atoms with E-state index in [1.165, 1.54) is 6.92 Å². The first-order valence-corrected chi connectivity index (χ1v) is 3.97. The van der Waals surface area contributed by atoms with Crippen LogP contribution in [0, 0.1) is 0 Å². The Labute approximate surface area is 68.6 Å². The molecule has 3 nitrogen and oxygen atoms in total. The zero-order valence-corrected chi connectivity index (χ0v) is 7.82. The van der Waals surface area contributed by atoms with Crippen LogP contribution in [0.3, 0.4) is 0 Å². The van der Waals surface area contributed by atoms with Crippen molar-refractivity contribution in [1.29, 1.82) is 0 Å². The summed E-state index contributed by atoms with van der Waals surface area (Å²) >= 11 is 0. The normalized spacial score (nSPS) is 11.3. The summed E-state index contributed by atoms with van der Waals surface area (Å²) in [5.41, 5.74) is 0.000417. The number of rotatable bonds is 4. The van der Waals surface area contributed by atoms with E-state index >= 15 is 0 Å². The van der Waals surface area contributed by atoms with Crippen LogP contribution in [0.25, 0.3) is 0 Å². The highest BCUT2D eigenvalue weighted by Crippen LogP contribution is 1.98. The second kappa shape index (κ2) is 4.34. The first-order valence-electron chi connectivity index (χ1n) is 3.97. The molecule has 0 aromatic carbocycles. The lowest BCUT2D eigenvalue weighted by Crippen LogP contribution is -2.48. The van der Waals surface area contributed by atoms with Gasteiger partial charge in [-0.15, -0.1) is 0 Å². The molecule has 0 aliphatic carbocycles. The third-order valence-corrected chi connectivity index (χ3v) is 1.43. The van der Waals surface area contributed by atoms with Crippen molar-refractivity contribution in [1.82, 2.24) is 10.6 Å². The summed E-state index contributed by atoms with van der Waals surface area (Å²) in [6.07, 6.45) is 0. The molecule has 0 aliphatic rings. The van der Waals surface area contributed by atoms with Gasteiger partial charge in [-0.2, -0.15) is 0 Å². The maximum Gasteiger partial charge on any atom is 0.216 e. The summed E-state index contributed by atoms with van der Waals surface area (Å²) in [7, 11) is 0. The standard InChI is InChI=1S/C8H18N2O/c1-5-10-8(3,4)6-9-7(2)11/h10H,5-6H2,1-4H3,(H,9,11). The van der Waals surface area contributed by atoms with Gasteiger partial charge in [0.2, 0.25) is 5.91 Å². The van der Waals surface area contributed by atoms with Gasteiger partial charge in [0.15, 0.2) is 0 Å². The SMILES string of the molecule is CCNC(C)(C)CNC(C)=O. The van der Waals surface area contributed by atoms with Gasteiger partial charge in [0.1, 0.15) is 0 Å². The van der Waals surface area contributed by atoms with Crippen molar-refractivity contribution in [3.05, 3.63) is 0 Å². The number of amides is 1. The largest absolute Gasteiger partial charge is 0.355 e. The van der Waals surface area contributed by atoms with Gasteiger partial charge in [-0.3, -0.25) is 4.79 Å². The van der Waals surface area contributed by atoms with E-state index in [4.69, 9.17) is 0 Å². The second-order valence-corrected chi connectivity index (χ2v) is 3.32. The van der Waals surface area contributed by atoms with E-state index in [2.05, 4.69) is 31.4 Å². The molecule has 1 amide bonds. The molecule has 0 radical (unpaired) electrons. The average molecular weight is 158 g/mol. The lowest BCUT2D eigenvalue weighted by atomic mass is 10.1. The minimum absolute atomic E-state index is 0.000417. The van der Waals surface area contributed by atoms with Gasteiger partial charge in [-0.05, 0) is 20.4 Å². The van der Waals surface area contributed by atoms with Crippen LogP contribution in [0.5, 0.6) is 0 Å². The molecule has 0 saturated heterocycles. The zero-order chi connectivity index (χ0) is 8.91. The van der Waals surface area contributed by atoms with Crippen molar-refractivity contribution < 1.29 is 4.79 Å². The summed E-state index contributed by atoms with van der Waals surface area (Å²) in [5, 5.41) is 6.03. The van der Waals surface area contributed by atoms with Gasteiger partial charge in [-0.1, -0.05) is 6.92 Å². The van der Waals surface area contributed by atoms with Crippen molar-refractivity contribution in [2.24, 2.45) is 0 Å². The molecule has 3 heteroatoms. The van der Waals surface area contributed by atoms with Gasteiger partial charge in [0, 0.05) is 19.0 Å². The Balaban J connectivity index is 3.63. The minimum Gasteiger partial charge on any atom is -0.355 e. The topological polar surface area (TPSA) is 41.1 Å². The van der Waals surface area contributed by atoms with Crippen LogP contribution >= 0.6 is 0 Å². The van der Waals surface area contributed by atoms with Crippen molar-refractivity contribution >= 4 is 5.91 Å². The van der Waals surface area contributed by atoms with Crippen LogP contribution in [0.4, 0.5) is 0 Å². The highest BCUT2D eigenvalue weighted by molar-refractivity contribution is 5.72. The molecular weight excluding hydrogens is 140 g/mol. The molecule has 0 aromatic heterocycles. The van der Waals surface area contributed by atoms with Crippen LogP contribution in [0.2, 0.25) is 0 Å². The number of hydrogen-bond donors (Lipinski definition) is 2. The predicted molar refractivity (Wildman–Crippen MR) is 46.4 cm³/mol. The number of hydrogen-bond acceptors (Lipinski definition) is 2. The van der Waals surface area contributed by atoms with E-state index < -0.39 is 0 Å². The molecule has 0 spiro atoms. The monoisotopic (exact) mass is 158 g/mol. The Morgan fingerprint density at radius 3 is 2.36 bits per heavy atom. The summed E-state index contributed by atoms with van der Waals surface area (Å²) in [4.78, 5) is 10.6. The lowest BCUT2D eigenvalue weighted by Gasteiger charge is -2.25. The number of carbonyl (C=O) groups excluding carboxylic acids is 1. The predicted octanol–water partition coefficient (Wildman–Crippen LogP) is 0.511. The molecule has 2 N–H and O–H groups in total. The molecule has 66 valence electrons. The Bertz CT molecular complexity index is 132. The van der Waals surface area contributed by atoms with Gasteiger partial charge in [-0.25, -0.2) is 0 Å². The Hall–Kier alpha value is -0.570. The van der Waals surface area contributed by atoms with Crippen molar-refractivity contribution in [3.8, 4) is 0 Å². The number of likely N-dealkylation sites (N-methyl/N-ethyl adjacent to an activating group) is 1. The first kappa shape index (κ1) is 10.4. The zero-order valence-electron chi connectivity index (χ0n) is 7.82. The maximum atomic E-state index is 10.6. The fraction of sp³-hybridized carbons (Fsp3) is 0.875. The highest BCUT2D eigenvalue weighted by atomic mass is 16.1. The number of nitrogens with one attached hydrogen (secondary N) is 2. The maximum absolute atomic E-state index is 10.6. The molecule has 0 fully saturated rings. The average Bonchev–Trinajstić information content (AvgIpc) is 1.84. The molecule has 0 unspecified atom stereocenters. The van der Waals surface area contributed by atoms with Crippen LogP contribution in [-0.4, -0.2) is 24.5 Å². The molecule has 0 rings (SSSR count). The van der Waals surface area contributed by atoms with E-state index in [1.54, 1.807) is 0 Å². The van der Waals surface area contributed by atoms with Crippen molar-refractivity contribution in [3.63, 3.8) is 0 Å². The molecule has 0 bridgehead atoms. The quantitative estimate of drug-likeness (QED) is 0.626. The molecule has 0 aromatic rings. The molecule has 0 saturated carbocycles. The van der Waals surface area contributed by atoms with Gasteiger partial charge in [0.25, 0.3) is 0 Å². The lowest BCUT2D eigenvalue weighted by molar-refractivity contribution is -0.119. The summed E-state index contributed by atoms with van der Waals surface area (Å²) in [6, 6.07) is 0. The van der Waals surface area contributed by atoms with Crippen LogP contribution < -0.4 is 10.6 Å². The fourth-order valence-corrected chi connectivity index (χ4v) is 0.886. The number of carbonyl (C=O) groups is 1. The van der Waals surface area contributed by atoms with Crippen LogP contribution in [0.15, 0.2) is 0 Å². The third-order valence-electron chi connectivity index (χ3n) is 1.43. The molecule has 0 atom stereocenters. The molecule has 0 aliphatic heterocycles. The van der Waals surface area contributed by atoms with Crippen molar-refractivity contribution in [2.45, 2.75) is 33.2 Å². The fourth-order valence-electron chi connectivity index (χ4n) is 0.886. The van der Waals surface area contributed by atoms with Gasteiger partial charge < -0.3 is 10.6 Å². The van der Waals surface area contributed by atoms with Crippen LogP contribution in [0.1, 0.15) is 27.7 Å². The third kappa shape index (κ3) is 5.85. The van der Waals surface area contributed by atoms with E-state index in [0.29, 0.717) is 6.54 Å². The van der Waals surface area contributed by atoms with E-state index in [-0.39, 0.29) is 11.4 Å². The highest BCUT2D eigenvalue weighted by Gasteiger charge is 2.15. The molecule has 11 heavy (non-hydrogen) atoms. The first-order chi connectivity index (χ1) is 4.98. The molecular formula is C8H18N2O. The Kier molecular flexibility index (Phi) is 4.11. The van der Waals surface area contributed by atoms with E-state index in [0.717, 1.165) is 6.54 Å². The van der Waals surface area contributed by atoms with Gasteiger partial charge >= 0.3 is 0 Å². The van der Waals surface area contributed by atoms with Crippen molar-refractivity contribution in [2.75, 3.05) is 13.1 Å². The smallest absolute Gasteiger partial charge is 0.216 e. The van der Waals surface area contributed by atoms with Crippen LogP contribution in [-0.2, 0) is 4.79 Å². The van der Waals surface area contributed by atoms with Gasteiger partial charge in [0.05, 0.1) is 0 Å². The summed E-state index contributed by atoms with van der Waals surface area (Å²) in [5.74, 6) is 0.0241. The molecule has 0 heterocycles. The van der Waals surface area contributed by atoms with E-state index in [9.17, 15) is 4.79 Å². The summed E-state index contributed by atoms with van der Waals surface area (Å²) < 4.78 is 0. The Morgan fingerprint density at radius 1 is 1.45 bits per heavy atom.